The summed E-state index contributed by atoms with van der Waals surface area (Å²) in [6.07, 6.45) is -2.43. The first-order valence-electron chi connectivity index (χ1n) is 11.7. The minimum atomic E-state index is -1.95. The van der Waals surface area contributed by atoms with Crippen molar-refractivity contribution in [3.8, 4) is 0 Å². The quantitative estimate of drug-likeness (QED) is 0.301. The van der Waals surface area contributed by atoms with Crippen LogP contribution >= 0.6 is 0 Å². The van der Waals surface area contributed by atoms with Crippen molar-refractivity contribution in [1.29, 1.82) is 0 Å². The summed E-state index contributed by atoms with van der Waals surface area (Å²) in [7, 11) is 2.48. The number of fused-ring (bicyclic) bond motifs is 1. The lowest BCUT2D eigenvalue weighted by Gasteiger charge is -2.54. The van der Waals surface area contributed by atoms with Gasteiger partial charge >= 0.3 is 11.9 Å². The van der Waals surface area contributed by atoms with Crippen molar-refractivity contribution >= 4 is 20.2 Å². The number of nitrogens with one attached hydrogen (secondary N) is 1. The van der Waals surface area contributed by atoms with Gasteiger partial charge in [0.1, 0.15) is 19.0 Å². The monoisotopic (exact) mass is 505 g/mol. The molecule has 0 radical (unpaired) electrons. The predicted molar refractivity (Wildman–Crippen MR) is 127 cm³/mol. The topological polar surface area (TPSA) is 111 Å². The molecule has 2 heterocycles. The average molecular weight is 506 g/mol. The van der Waals surface area contributed by atoms with Crippen molar-refractivity contribution in [2.24, 2.45) is 5.41 Å². The van der Waals surface area contributed by atoms with Crippen LogP contribution in [-0.4, -0.2) is 91.7 Å². The van der Waals surface area contributed by atoms with Gasteiger partial charge in [-0.2, -0.15) is 0 Å². The third-order valence-electron chi connectivity index (χ3n) is 7.46. The largest absolute Gasteiger partial charge is 0.462 e. The van der Waals surface area contributed by atoms with Gasteiger partial charge in [0.05, 0.1) is 32.0 Å². The van der Waals surface area contributed by atoms with E-state index in [1.54, 1.807) is 14.2 Å². The van der Waals surface area contributed by atoms with Gasteiger partial charge in [-0.05, 0) is 18.1 Å². The average Bonchev–Trinajstić information content (AvgIpc) is 2.75. The molecule has 0 aromatic heterocycles. The van der Waals surface area contributed by atoms with Gasteiger partial charge in [0.15, 0.2) is 14.5 Å². The highest BCUT2D eigenvalue weighted by atomic mass is 28.4. The number of methoxy groups -OCH3 is 3. The SMILES string of the molecule is COC(=O)C(=O)N[C@H]1OCO[C@H]2[C@@H]1O[C@H](C[C@H](CO[Si](C)(C)C(C)(C)C)OC)C(C)(C)[C@@H]2OC. The van der Waals surface area contributed by atoms with E-state index in [9.17, 15) is 9.59 Å². The van der Waals surface area contributed by atoms with E-state index in [-0.39, 0.29) is 30.1 Å². The van der Waals surface area contributed by atoms with Crippen molar-refractivity contribution in [3.63, 3.8) is 0 Å². The zero-order valence-electron chi connectivity index (χ0n) is 22.3. The van der Waals surface area contributed by atoms with Crippen LogP contribution in [0.4, 0.5) is 0 Å². The molecule has 0 unspecified atom stereocenters. The standard InChI is InChI=1S/C23H43NO9Si/c1-22(2,3)34(9,10)32-12-14(27-6)11-15-23(4,5)18(28-7)16-17(33-15)20(31-13-30-16)24-19(25)21(26)29-8/h14-18,20H,11-13H2,1-10H3,(H,24,25)/t14-,15-,16+,17+,18-,20+/m1/s1. The Bertz CT molecular complexity index is 709. The van der Waals surface area contributed by atoms with Gasteiger partial charge in [-0.15, -0.1) is 0 Å². The maximum absolute atomic E-state index is 12.1. The zero-order chi connectivity index (χ0) is 25.9. The third-order valence-corrected chi connectivity index (χ3v) is 12.0. The van der Waals surface area contributed by atoms with Crippen molar-refractivity contribution in [2.75, 3.05) is 34.7 Å². The lowest BCUT2D eigenvalue weighted by atomic mass is 9.72. The first-order valence-corrected chi connectivity index (χ1v) is 14.6. The minimum absolute atomic E-state index is 0.0711. The fraction of sp³-hybridized carbons (Fsp3) is 0.913. The van der Waals surface area contributed by atoms with E-state index in [2.05, 4.69) is 57.8 Å². The molecular weight excluding hydrogens is 462 g/mol. The second-order valence-corrected chi connectivity index (χ2v) is 15.8. The lowest BCUT2D eigenvalue weighted by Crippen LogP contribution is -2.68. The van der Waals surface area contributed by atoms with E-state index >= 15 is 0 Å². The molecule has 198 valence electrons. The summed E-state index contributed by atoms with van der Waals surface area (Å²) in [5.74, 6) is -1.92. The first kappa shape index (κ1) is 29.1. The summed E-state index contributed by atoms with van der Waals surface area (Å²) in [5.41, 5.74) is -0.447. The molecule has 0 aromatic rings. The molecule has 2 aliphatic heterocycles. The normalized spacial score (nSPS) is 30.2. The molecule has 2 saturated heterocycles. The molecule has 10 nitrogen and oxygen atoms in total. The molecule has 1 amide bonds. The zero-order valence-corrected chi connectivity index (χ0v) is 23.3. The molecule has 6 atom stereocenters. The van der Waals surface area contributed by atoms with E-state index in [1.165, 1.54) is 0 Å². The molecule has 0 bridgehead atoms. The maximum Gasteiger partial charge on any atom is 0.396 e. The second kappa shape index (κ2) is 11.3. The second-order valence-electron chi connectivity index (χ2n) is 11.0. The van der Waals surface area contributed by atoms with E-state index in [4.69, 9.17) is 28.1 Å². The van der Waals surface area contributed by atoms with Gasteiger partial charge in [-0.3, -0.25) is 4.79 Å². The van der Waals surface area contributed by atoms with E-state index in [0.29, 0.717) is 13.0 Å². The molecule has 34 heavy (non-hydrogen) atoms. The highest BCUT2D eigenvalue weighted by Gasteiger charge is 2.56. The number of hydrogen-bond donors (Lipinski definition) is 1. The number of amides is 1. The van der Waals surface area contributed by atoms with Crippen molar-refractivity contribution < 1.29 is 42.4 Å². The first-order chi connectivity index (χ1) is 15.7. The molecule has 0 saturated carbocycles. The summed E-state index contributed by atoms with van der Waals surface area (Å²) < 4.78 is 40.5. The molecule has 11 heteroatoms. The Balaban J connectivity index is 2.20. The van der Waals surface area contributed by atoms with E-state index < -0.39 is 44.0 Å². The highest BCUT2D eigenvalue weighted by molar-refractivity contribution is 6.74. The minimum Gasteiger partial charge on any atom is -0.462 e. The summed E-state index contributed by atoms with van der Waals surface area (Å²) in [6, 6.07) is 0. The van der Waals surface area contributed by atoms with Gasteiger partial charge in [0, 0.05) is 26.1 Å². The molecule has 2 aliphatic rings. The van der Waals surface area contributed by atoms with E-state index in [0.717, 1.165) is 7.11 Å². The Hall–Kier alpha value is -1.08. The Morgan fingerprint density at radius 2 is 1.76 bits per heavy atom. The van der Waals surface area contributed by atoms with Crippen LogP contribution in [0, 0.1) is 5.41 Å². The van der Waals surface area contributed by atoms with Crippen LogP contribution in [0.2, 0.25) is 18.1 Å². The highest BCUT2D eigenvalue weighted by Crippen LogP contribution is 2.44. The van der Waals surface area contributed by atoms with Crippen LogP contribution in [0.3, 0.4) is 0 Å². The summed E-state index contributed by atoms with van der Waals surface area (Å²) in [5, 5.41) is 2.63. The van der Waals surface area contributed by atoms with Gasteiger partial charge in [-0.1, -0.05) is 34.6 Å². The van der Waals surface area contributed by atoms with Crippen LogP contribution in [0.1, 0.15) is 41.0 Å². The summed E-state index contributed by atoms with van der Waals surface area (Å²) >= 11 is 0. The number of esters is 1. The predicted octanol–water partition coefficient (Wildman–Crippen LogP) is 2.21. The fourth-order valence-corrected chi connectivity index (χ4v) is 5.16. The fourth-order valence-electron chi connectivity index (χ4n) is 4.12. The Labute approximate surface area is 204 Å². The Kier molecular flexibility index (Phi) is 9.70. The number of hydrogen-bond acceptors (Lipinski definition) is 9. The van der Waals surface area contributed by atoms with Crippen molar-refractivity contribution in [2.45, 2.75) is 95.9 Å². The molecular formula is C23H43NO9Si. The van der Waals surface area contributed by atoms with E-state index in [1.807, 2.05) is 0 Å². The number of rotatable bonds is 8. The number of carbonyl (C=O) groups is 2. The molecule has 2 rings (SSSR count). The molecule has 2 fully saturated rings. The van der Waals surface area contributed by atoms with Crippen LogP contribution in [0.5, 0.6) is 0 Å². The number of ether oxygens (including phenoxy) is 6. The molecule has 0 aromatic carbocycles. The smallest absolute Gasteiger partial charge is 0.396 e. The van der Waals surface area contributed by atoms with Crippen LogP contribution < -0.4 is 5.32 Å². The lowest BCUT2D eigenvalue weighted by molar-refractivity contribution is -0.331. The molecule has 0 spiro atoms. The number of carbonyl (C=O) groups excluding carboxylic acids is 2. The van der Waals surface area contributed by atoms with Gasteiger partial charge in [0.25, 0.3) is 0 Å². The van der Waals surface area contributed by atoms with Gasteiger partial charge in [-0.25, -0.2) is 4.79 Å². The summed E-state index contributed by atoms with van der Waals surface area (Å²) in [4.78, 5) is 23.8. The molecule has 0 aliphatic carbocycles. The van der Waals surface area contributed by atoms with Gasteiger partial charge < -0.3 is 38.2 Å². The Morgan fingerprint density at radius 3 is 2.29 bits per heavy atom. The van der Waals surface area contributed by atoms with Crippen molar-refractivity contribution in [3.05, 3.63) is 0 Å². The summed E-state index contributed by atoms with van der Waals surface area (Å²) in [6.45, 7) is 15.5. The third kappa shape index (κ3) is 6.37. The van der Waals surface area contributed by atoms with Crippen LogP contribution in [-0.2, 0) is 42.4 Å². The maximum atomic E-state index is 12.1. The van der Waals surface area contributed by atoms with Crippen molar-refractivity contribution in [1.82, 2.24) is 5.32 Å². The van der Waals surface area contributed by atoms with Crippen LogP contribution in [0.15, 0.2) is 0 Å². The molecule has 1 N–H and O–H groups in total. The Morgan fingerprint density at radius 1 is 1.12 bits per heavy atom. The van der Waals surface area contributed by atoms with Crippen LogP contribution in [0.25, 0.3) is 0 Å². The van der Waals surface area contributed by atoms with Gasteiger partial charge in [0.2, 0.25) is 0 Å².